The van der Waals surface area contributed by atoms with Gasteiger partial charge in [0.1, 0.15) is 0 Å². The molecule has 0 bridgehead atoms. The second kappa shape index (κ2) is 2.80. The van der Waals surface area contributed by atoms with E-state index >= 15 is 0 Å². The molecule has 4 nitrogen and oxygen atoms in total. The Hall–Kier alpha value is -0.420. The van der Waals surface area contributed by atoms with Crippen molar-refractivity contribution in [1.29, 1.82) is 0 Å². The van der Waals surface area contributed by atoms with Crippen LogP contribution in [-0.4, -0.2) is 6.03 Å². The molecule has 0 aliphatic carbocycles. The van der Waals surface area contributed by atoms with Gasteiger partial charge in [-0.2, -0.15) is 0 Å². The van der Waals surface area contributed by atoms with E-state index in [0.717, 1.165) is 0 Å². The van der Waals surface area contributed by atoms with E-state index in [9.17, 15) is 4.79 Å². The van der Waals surface area contributed by atoms with Gasteiger partial charge in [-0.15, -0.1) is 0 Å². The van der Waals surface area contributed by atoms with Crippen LogP contribution >= 0.6 is 12.1 Å². The first kappa shape index (κ1) is 5.58. The monoisotopic (exact) mass is 107 g/mol. The average molecular weight is 107 g/mol. The highest BCUT2D eigenvalue weighted by molar-refractivity contribution is 7.95. The third kappa shape index (κ3) is 3.58. The lowest BCUT2D eigenvalue weighted by Crippen LogP contribution is -2.24. The van der Waals surface area contributed by atoms with Gasteiger partial charge in [-0.05, 0) is 0 Å². The first-order valence-corrected chi connectivity index (χ1v) is 2.06. The summed E-state index contributed by atoms with van der Waals surface area (Å²) in [6.45, 7) is 0. The van der Waals surface area contributed by atoms with Gasteiger partial charge in [-0.3, -0.25) is 9.86 Å². The molecule has 0 rings (SSSR count). The number of carbonyl (C=O) groups is 1. The summed E-state index contributed by atoms with van der Waals surface area (Å²) >= 11 is 0.685. The predicted octanol–water partition coefficient (Wildman–Crippen LogP) is -0.823. The van der Waals surface area contributed by atoms with E-state index in [1.54, 1.807) is 0 Å². The van der Waals surface area contributed by atoms with Crippen molar-refractivity contribution >= 4 is 18.2 Å². The Balaban J connectivity index is 2.83. The average Bonchev–Trinajstić information content (AvgIpc) is 1.35. The Bertz CT molecular complexity index is 54.8. The van der Waals surface area contributed by atoms with Crippen LogP contribution in [0.5, 0.6) is 0 Å². The number of hydrogen-bond acceptors (Lipinski definition) is 3. The van der Waals surface area contributed by atoms with Crippen molar-refractivity contribution in [2.75, 3.05) is 0 Å². The van der Waals surface area contributed by atoms with Crippen LogP contribution < -0.4 is 15.6 Å². The van der Waals surface area contributed by atoms with Crippen LogP contribution in [0.15, 0.2) is 0 Å². The van der Waals surface area contributed by atoms with Crippen LogP contribution in [0.25, 0.3) is 0 Å². The molecule has 0 heterocycles. The highest BCUT2D eigenvalue weighted by Crippen LogP contribution is 1.68. The lowest BCUT2D eigenvalue weighted by atomic mass is 11.2. The second-order valence-electron chi connectivity index (χ2n) is 0.584. The van der Waals surface area contributed by atoms with Crippen molar-refractivity contribution in [2.24, 2.45) is 10.9 Å². The topological polar surface area (TPSA) is 81.1 Å². The molecule has 0 unspecified atom stereocenters. The molecule has 5 heteroatoms. The molecule has 2 amide bonds. The number of urea groups is 1. The molecule has 0 radical (unpaired) electrons. The minimum absolute atomic E-state index is 0.623. The van der Waals surface area contributed by atoms with Gasteiger partial charge >= 0.3 is 6.03 Å². The van der Waals surface area contributed by atoms with Crippen molar-refractivity contribution in [3.05, 3.63) is 0 Å². The molecule has 0 saturated heterocycles. The molecular weight excluding hydrogens is 102 g/mol. The molecule has 0 aliphatic heterocycles. The summed E-state index contributed by atoms with van der Waals surface area (Å²) in [6.07, 6.45) is 0. The number of hydrogen-bond donors (Lipinski definition) is 3. The minimum atomic E-state index is -0.623. The normalized spacial score (nSPS) is 7.50. The Morgan fingerprint density at radius 1 is 1.83 bits per heavy atom. The summed E-state index contributed by atoms with van der Waals surface area (Å²) in [5.41, 5.74) is 4.55. The molecule has 5 N–H and O–H groups in total. The van der Waals surface area contributed by atoms with E-state index < -0.39 is 6.03 Å². The zero-order chi connectivity index (χ0) is 4.99. The molecule has 0 aliphatic rings. The van der Waals surface area contributed by atoms with Crippen LogP contribution in [0.1, 0.15) is 0 Å². The molecule has 0 saturated carbocycles. The number of rotatable bonds is 1. The molecule has 36 valence electrons. The quantitative estimate of drug-likeness (QED) is 0.383. The number of nitrogens with two attached hydrogens (primary N) is 2. The van der Waals surface area contributed by atoms with Crippen LogP contribution in [0, 0.1) is 0 Å². The van der Waals surface area contributed by atoms with Gasteiger partial charge in [0, 0.05) is 12.1 Å². The molecular formula is CH5N3OS. The lowest BCUT2D eigenvalue weighted by molar-refractivity contribution is 0.254. The Morgan fingerprint density at radius 2 is 2.33 bits per heavy atom. The summed E-state index contributed by atoms with van der Waals surface area (Å²) in [7, 11) is 0. The number of primary amides is 1. The largest absolute Gasteiger partial charge is 0.351 e. The maximum atomic E-state index is 9.61. The lowest BCUT2D eigenvalue weighted by Gasteiger charge is -1.87. The predicted molar refractivity (Wildman–Crippen MR) is 24.5 cm³/mol. The van der Waals surface area contributed by atoms with E-state index in [1.807, 2.05) is 4.72 Å². The van der Waals surface area contributed by atoms with E-state index in [0.29, 0.717) is 12.1 Å². The van der Waals surface area contributed by atoms with E-state index in [4.69, 9.17) is 5.14 Å². The van der Waals surface area contributed by atoms with Crippen molar-refractivity contribution in [3.63, 3.8) is 0 Å². The molecule has 0 aromatic carbocycles. The van der Waals surface area contributed by atoms with E-state index in [2.05, 4.69) is 5.73 Å². The van der Waals surface area contributed by atoms with Gasteiger partial charge in [0.2, 0.25) is 0 Å². The Morgan fingerprint density at radius 3 is 2.33 bits per heavy atom. The molecule has 0 aromatic heterocycles. The van der Waals surface area contributed by atoms with E-state index in [1.165, 1.54) is 0 Å². The van der Waals surface area contributed by atoms with Gasteiger partial charge in [-0.25, -0.2) is 4.79 Å². The first-order valence-electron chi connectivity index (χ1n) is 1.18. The van der Waals surface area contributed by atoms with Crippen molar-refractivity contribution in [1.82, 2.24) is 4.72 Å². The molecule has 0 aromatic rings. The highest BCUT2D eigenvalue weighted by atomic mass is 32.2. The smallest absolute Gasteiger partial charge is 0.323 e. The van der Waals surface area contributed by atoms with Crippen molar-refractivity contribution in [3.8, 4) is 0 Å². The SMILES string of the molecule is NSNC(N)=O. The Kier molecular flexibility index (Phi) is 2.60. The maximum absolute atomic E-state index is 9.61. The van der Waals surface area contributed by atoms with Gasteiger partial charge in [0.05, 0.1) is 0 Å². The molecule has 0 atom stereocenters. The van der Waals surface area contributed by atoms with Gasteiger partial charge < -0.3 is 5.73 Å². The third-order valence-corrected chi connectivity index (χ3v) is 0.479. The van der Waals surface area contributed by atoms with Crippen LogP contribution in [0.3, 0.4) is 0 Å². The fourth-order valence-electron chi connectivity index (χ4n) is 0.0581. The molecule has 0 spiro atoms. The fraction of sp³-hybridized carbons (Fsp3) is 0. The zero-order valence-corrected chi connectivity index (χ0v) is 3.79. The summed E-state index contributed by atoms with van der Waals surface area (Å²) in [4.78, 5) is 9.61. The number of nitrogens with one attached hydrogen (secondary N) is 1. The van der Waals surface area contributed by atoms with Gasteiger partial charge in [0.25, 0.3) is 0 Å². The number of carbonyl (C=O) groups excluding carboxylic acids is 1. The summed E-state index contributed by atoms with van der Waals surface area (Å²) in [6, 6.07) is -0.623. The highest BCUT2D eigenvalue weighted by Gasteiger charge is 1.81. The molecule has 6 heavy (non-hydrogen) atoms. The van der Waals surface area contributed by atoms with Crippen LogP contribution in [0.4, 0.5) is 4.79 Å². The second-order valence-corrected chi connectivity index (χ2v) is 1.02. The Labute approximate surface area is 39.5 Å². The maximum Gasteiger partial charge on any atom is 0.323 e. The standard InChI is InChI=1S/CH5N3OS/c2-1(5)4-6-3/h3H2,(H3,2,4,5). The fourth-order valence-corrected chi connectivity index (χ4v) is 0.174. The van der Waals surface area contributed by atoms with Crippen molar-refractivity contribution in [2.45, 2.75) is 0 Å². The number of amides is 2. The van der Waals surface area contributed by atoms with Crippen LogP contribution in [0.2, 0.25) is 0 Å². The summed E-state index contributed by atoms with van der Waals surface area (Å²) in [5.74, 6) is 0. The van der Waals surface area contributed by atoms with Gasteiger partial charge in [-0.1, -0.05) is 0 Å². The summed E-state index contributed by atoms with van der Waals surface area (Å²) in [5, 5.41) is 4.73. The van der Waals surface area contributed by atoms with Crippen molar-refractivity contribution < 1.29 is 4.79 Å². The molecule has 0 fully saturated rings. The van der Waals surface area contributed by atoms with Crippen LogP contribution in [-0.2, 0) is 0 Å². The minimum Gasteiger partial charge on any atom is -0.351 e. The third-order valence-electron chi connectivity index (χ3n) is 0.160. The zero-order valence-electron chi connectivity index (χ0n) is 2.97. The summed E-state index contributed by atoms with van der Waals surface area (Å²) < 4.78 is 2.04. The van der Waals surface area contributed by atoms with E-state index in [-0.39, 0.29) is 0 Å². The van der Waals surface area contributed by atoms with Gasteiger partial charge in [0.15, 0.2) is 0 Å². The first-order chi connectivity index (χ1) is 2.77.